The molecule has 3 aromatic rings. The molecule has 0 saturated heterocycles. The minimum absolute atomic E-state index is 0.0696. The summed E-state index contributed by atoms with van der Waals surface area (Å²) in [4.78, 5) is 16.6. The van der Waals surface area contributed by atoms with E-state index in [1.54, 1.807) is 24.3 Å². The number of benzene rings is 2. The lowest BCUT2D eigenvalue weighted by atomic mass is 10.1. The number of halogens is 1. The van der Waals surface area contributed by atoms with Crippen LogP contribution >= 0.6 is 11.6 Å². The van der Waals surface area contributed by atoms with E-state index in [4.69, 9.17) is 20.8 Å². The Balaban J connectivity index is 1.79. The molecule has 3 rings (SSSR count). The van der Waals surface area contributed by atoms with Crippen molar-refractivity contribution in [2.75, 3.05) is 7.11 Å². The molecule has 0 aliphatic carbocycles. The van der Waals surface area contributed by atoms with Crippen molar-refractivity contribution in [3.63, 3.8) is 0 Å². The number of nitrogens with zero attached hydrogens (tertiary/aromatic N) is 1. The predicted molar refractivity (Wildman–Crippen MR) is 101 cm³/mol. The van der Waals surface area contributed by atoms with Crippen molar-refractivity contribution >= 4 is 17.6 Å². The minimum Gasteiger partial charge on any atom is -0.508 e. The third-order valence-electron chi connectivity index (χ3n) is 4.05. The molecular formula is C20H19ClN2O4. The van der Waals surface area contributed by atoms with Crippen molar-refractivity contribution < 1.29 is 19.1 Å². The van der Waals surface area contributed by atoms with Gasteiger partial charge in [-0.2, -0.15) is 0 Å². The van der Waals surface area contributed by atoms with Crippen LogP contribution in [-0.4, -0.2) is 23.2 Å². The van der Waals surface area contributed by atoms with Crippen molar-refractivity contribution in [2.45, 2.75) is 19.5 Å². The molecule has 2 N–H and O–H groups in total. The van der Waals surface area contributed by atoms with E-state index in [0.717, 1.165) is 11.3 Å². The fourth-order valence-corrected chi connectivity index (χ4v) is 2.87. The Labute approximate surface area is 161 Å². The van der Waals surface area contributed by atoms with Gasteiger partial charge in [-0.15, -0.1) is 0 Å². The molecule has 6 nitrogen and oxygen atoms in total. The van der Waals surface area contributed by atoms with Crippen LogP contribution in [0, 0.1) is 6.92 Å². The lowest BCUT2D eigenvalue weighted by molar-refractivity contribution is -0.143. The van der Waals surface area contributed by atoms with Crippen LogP contribution in [0.1, 0.15) is 23.2 Å². The second-order valence-electron chi connectivity index (χ2n) is 5.96. The van der Waals surface area contributed by atoms with E-state index in [2.05, 4.69) is 10.3 Å². The fraction of sp³-hybridized carbons (Fsp3) is 0.200. The number of nitrogens with one attached hydrogen (secondary N) is 1. The molecule has 0 spiro atoms. The standard InChI is InChI=1S/C20H19ClN2O4/c1-12-19(13-6-8-15(21)9-7-13)27-17(23-12)11-22-18(20(25)26-2)14-4-3-5-16(24)10-14/h3-10,18,22,24H,11H2,1-2H3/t18-/m0/s1. The zero-order valence-corrected chi connectivity index (χ0v) is 15.7. The summed E-state index contributed by atoms with van der Waals surface area (Å²) in [6.45, 7) is 2.06. The van der Waals surface area contributed by atoms with Crippen LogP contribution in [0.15, 0.2) is 52.9 Å². The highest BCUT2D eigenvalue weighted by Gasteiger charge is 2.22. The van der Waals surface area contributed by atoms with Gasteiger partial charge in [-0.3, -0.25) is 5.32 Å². The van der Waals surface area contributed by atoms with Crippen LogP contribution in [0.4, 0.5) is 0 Å². The number of esters is 1. The van der Waals surface area contributed by atoms with Crippen molar-refractivity contribution in [2.24, 2.45) is 0 Å². The number of methoxy groups -OCH3 is 1. The fourth-order valence-electron chi connectivity index (χ4n) is 2.75. The molecule has 0 fully saturated rings. The molecule has 0 bridgehead atoms. The van der Waals surface area contributed by atoms with Gasteiger partial charge in [0.25, 0.3) is 0 Å². The number of rotatable bonds is 6. The molecule has 0 amide bonds. The molecule has 1 aromatic heterocycles. The van der Waals surface area contributed by atoms with Gasteiger partial charge in [0, 0.05) is 10.6 Å². The van der Waals surface area contributed by atoms with E-state index < -0.39 is 12.0 Å². The topological polar surface area (TPSA) is 84.6 Å². The minimum atomic E-state index is -0.756. The van der Waals surface area contributed by atoms with Crippen LogP contribution in [0.5, 0.6) is 5.75 Å². The van der Waals surface area contributed by atoms with Gasteiger partial charge in [0.05, 0.1) is 19.3 Å². The predicted octanol–water partition coefficient (Wildman–Crippen LogP) is 4.01. The summed E-state index contributed by atoms with van der Waals surface area (Å²) in [7, 11) is 1.31. The molecule has 0 unspecified atom stereocenters. The first-order chi connectivity index (χ1) is 13.0. The number of phenolic OH excluding ortho intramolecular Hbond substituents is 1. The summed E-state index contributed by atoms with van der Waals surface area (Å²) in [5.41, 5.74) is 2.19. The van der Waals surface area contributed by atoms with Gasteiger partial charge < -0.3 is 14.3 Å². The normalized spacial score (nSPS) is 12.0. The Hall–Kier alpha value is -2.83. The van der Waals surface area contributed by atoms with Crippen LogP contribution in [-0.2, 0) is 16.1 Å². The summed E-state index contributed by atoms with van der Waals surface area (Å²) in [5, 5.41) is 13.4. The summed E-state index contributed by atoms with van der Waals surface area (Å²) in [6, 6.07) is 13.0. The zero-order valence-electron chi connectivity index (χ0n) is 14.9. The third kappa shape index (κ3) is 4.48. The smallest absolute Gasteiger partial charge is 0.327 e. The van der Waals surface area contributed by atoms with E-state index in [0.29, 0.717) is 22.2 Å². The number of phenols is 1. The van der Waals surface area contributed by atoms with Gasteiger partial charge in [-0.05, 0) is 48.9 Å². The highest BCUT2D eigenvalue weighted by molar-refractivity contribution is 6.30. The molecule has 0 aliphatic rings. The van der Waals surface area contributed by atoms with Gasteiger partial charge in [0.2, 0.25) is 5.89 Å². The number of aromatic hydroxyl groups is 1. The second-order valence-corrected chi connectivity index (χ2v) is 6.40. The summed E-state index contributed by atoms with van der Waals surface area (Å²) in [5.74, 6) is 0.684. The molecule has 0 aliphatic heterocycles. The monoisotopic (exact) mass is 386 g/mol. The second kappa shape index (κ2) is 8.24. The number of carbonyl (C=O) groups is 1. The van der Waals surface area contributed by atoms with Crippen LogP contribution < -0.4 is 5.32 Å². The number of ether oxygens (including phenoxy) is 1. The highest BCUT2D eigenvalue weighted by atomic mass is 35.5. The van der Waals surface area contributed by atoms with E-state index in [1.165, 1.54) is 19.2 Å². The van der Waals surface area contributed by atoms with Crippen LogP contribution in [0.3, 0.4) is 0 Å². The first-order valence-electron chi connectivity index (χ1n) is 8.30. The molecule has 140 valence electrons. The van der Waals surface area contributed by atoms with Crippen molar-refractivity contribution in [3.8, 4) is 17.1 Å². The Morgan fingerprint density at radius 3 is 2.70 bits per heavy atom. The molecule has 1 atom stereocenters. The Bertz CT molecular complexity index is 937. The van der Waals surface area contributed by atoms with Crippen molar-refractivity contribution in [3.05, 3.63) is 70.7 Å². The molecule has 1 heterocycles. The lowest BCUT2D eigenvalue weighted by Gasteiger charge is -2.16. The Kier molecular flexibility index (Phi) is 5.78. The van der Waals surface area contributed by atoms with Crippen LogP contribution in [0.25, 0.3) is 11.3 Å². The largest absolute Gasteiger partial charge is 0.508 e. The number of oxazole rings is 1. The maximum absolute atomic E-state index is 12.1. The van der Waals surface area contributed by atoms with Gasteiger partial charge in [-0.25, -0.2) is 9.78 Å². The van der Waals surface area contributed by atoms with E-state index in [9.17, 15) is 9.90 Å². The van der Waals surface area contributed by atoms with E-state index in [-0.39, 0.29) is 12.3 Å². The van der Waals surface area contributed by atoms with Crippen molar-refractivity contribution in [1.82, 2.24) is 10.3 Å². The number of aromatic nitrogens is 1. The number of hydrogen-bond acceptors (Lipinski definition) is 6. The molecule has 2 aromatic carbocycles. The number of carbonyl (C=O) groups excluding carboxylic acids is 1. The Morgan fingerprint density at radius 1 is 1.30 bits per heavy atom. The average Bonchev–Trinajstić information content (AvgIpc) is 3.03. The van der Waals surface area contributed by atoms with E-state index in [1.807, 2.05) is 19.1 Å². The van der Waals surface area contributed by atoms with Crippen LogP contribution in [0.2, 0.25) is 5.02 Å². The number of hydrogen-bond donors (Lipinski definition) is 2. The van der Waals surface area contributed by atoms with Gasteiger partial charge in [0.1, 0.15) is 11.8 Å². The van der Waals surface area contributed by atoms with E-state index >= 15 is 0 Å². The third-order valence-corrected chi connectivity index (χ3v) is 4.30. The molecule has 0 radical (unpaired) electrons. The maximum atomic E-state index is 12.1. The molecule has 27 heavy (non-hydrogen) atoms. The summed E-state index contributed by atoms with van der Waals surface area (Å²) in [6.07, 6.45) is 0. The molecular weight excluding hydrogens is 368 g/mol. The summed E-state index contributed by atoms with van der Waals surface area (Å²) < 4.78 is 10.7. The summed E-state index contributed by atoms with van der Waals surface area (Å²) >= 11 is 5.92. The average molecular weight is 387 g/mol. The van der Waals surface area contributed by atoms with Gasteiger partial charge in [0.15, 0.2) is 5.76 Å². The van der Waals surface area contributed by atoms with Crippen molar-refractivity contribution in [1.29, 1.82) is 0 Å². The quantitative estimate of drug-likeness (QED) is 0.622. The zero-order chi connectivity index (χ0) is 19.4. The van der Waals surface area contributed by atoms with Gasteiger partial charge in [-0.1, -0.05) is 23.7 Å². The molecule has 0 saturated carbocycles. The molecule has 7 heteroatoms. The Morgan fingerprint density at radius 2 is 2.04 bits per heavy atom. The lowest BCUT2D eigenvalue weighted by Crippen LogP contribution is -2.29. The maximum Gasteiger partial charge on any atom is 0.327 e. The first-order valence-corrected chi connectivity index (χ1v) is 8.68. The first kappa shape index (κ1) is 18.9. The number of aryl methyl sites for hydroxylation is 1. The SMILES string of the molecule is COC(=O)[C@@H](NCc1nc(C)c(-c2ccc(Cl)cc2)o1)c1cccc(O)c1. The van der Waals surface area contributed by atoms with Gasteiger partial charge >= 0.3 is 5.97 Å². The highest BCUT2D eigenvalue weighted by Crippen LogP contribution is 2.26.